The van der Waals surface area contributed by atoms with E-state index in [1.54, 1.807) is 0 Å². The van der Waals surface area contributed by atoms with Crippen LogP contribution in [0.15, 0.2) is 23.3 Å². The molecular weight excluding hydrogens is 437 g/mol. The highest BCUT2D eigenvalue weighted by molar-refractivity contribution is 14.0. The number of rotatable bonds is 4. The highest BCUT2D eigenvalue weighted by Gasteiger charge is 2.29. The molecule has 5 nitrogen and oxygen atoms in total. The first kappa shape index (κ1) is 21.3. The van der Waals surface area contributed by atoms with Crippen LogP contribution in [-0.2, 0) is 0 Å². The molecule has 1 saturated carbocycles. The van der Waals surface area contributed by atoms with Crippen LogP contribution < -0.4 is 15.5 Å². The van der Waals surface area contributed by atoms with Gasteiger partial charge in [-0.05, 0) is 49.7 Å². The van der Waals surface area contributed by atoms with Gasteiger partial charge in [0, 0.05) is 38.9 Å². The van der Waals surface area contributed by atoms with E-state index < -0.39 is 0 Å². The average Bonchev–Trinajstić information content (AvgIpc) is 3.07. The minimum Gasteiger partial charge on any atom is -0.356 e. The second kappa shape index (κ2) is 9.76. The number of hydrogen-bond donors (Lipinski definition) is 2. The van der Waals surface area contributed by atoms with Crippen molar-refractivity contribution in [3.8, 4) is 0 Å². The molecule has 2 fully saturated rings. The summed E-state index contributed by atoms with van der Waals surface area (Å²) in [6.45, 7) is 7.59. The van der Waals surface area contributed by atoms with Gasteiger partial charge in [0.05, 0.1) is 0 Å². The lowest BCUT2D eigenvalue weighted by molar-refractivity contribution is 0.332. The molecule has 26 heavy (non-hydrogen) atoms. The summed E-state index contributed by atoms with van der Waals surface area (Å²) in [5, 5.41) is 7.18. The van der Waals surface area contributed by atoms with Gasteiger partial charge in [-0.1, -0.05) is 25.8 Å². The molecular formula is C20H34IN5. The predicted molar refractivity (Wildman–Crippen MR) is 121 cm³/mol. The SMILES string of the molecule is CN=C(NCC1(C)CCCC1)NC1CCN(c2ccc(C)cn2)CC1.I. The highest BCUT2D eigenvalue weighted by atomic mass is 127. The number of aliphatic imine (C=N–C) groups is 1. The van der Waals surface area contributed by atoms with Gasteiger partial charge in [-0.2, -0.15) is 0 Å². The van der Waals surface area contributed by atoms with Crippen LogP contribution in [-0.4, -0.2) is 43.7 Å². The molecule has 0 amide bonds. The molecule has 146 valence electrons. The molecule has 1 aromatic heterocycles. The molecule has 0 aromatic carbocycles. The molecule has 3 rings (SSSR count). The fourth-order valence-corrected chi connectivity index (χ4v) is 3.99. The number of halogens is 1. The first-order valence-electron chi connectivity index (χ1n) is 9.73. The predicted octanol–water partition coefficient (Wildman–Crippen LogP) is 3.72. The molecule has 1 aliphatic heterocycles. The Morgan fingerprint density at radius 3 is 2.54 bits per heavy atom. The summed E-state index contributed by atoms with van der Waals surface area (Å²) in [5.41, 5.74) is 1.66. The topological polar surface area (TPSA) is 52.6 Å². The maximum absolute atomic E-state index is 4.55. The number of aromatic nitrogens is 1. The third kappa shape index (κ3) is 5.72. The number of nitrogens with one attached hydrogen (secondary N) is 2. The first-order chi connectivity index (χ1) is 12.1. The lowest BCUT2D eigenvalue weighted by Gasteiger charge is -2.34. The Hall–Kier alpha value is -1.05. The van der Waals surface area contributed by atoms with E-state index in [4.69, 9.17) is 0 Å². The Balaban J connectivity index is 0.00000243. The Labute approximate surface area is 175 Å². The Bertz CT molecular complexity index is 572. The molecule has 6 heteroatoms. The van der Waals surface area contributed by atoms with Crippen molar-refractivity contribution in [2.75, 3.05) is 31.6 Å². The zero-order valence-corrected chi connectivity index (χ0v) is 18.8. The van der Waals surface area contributed by atoms with Crippen LogP contribution in [0.1, 0.15) is 51.0 Å². The van der Waals surface area contributed by atoms with E-state index >= 15 is 0 Å². The highest BCUT2D eigenvalue weighted by Crippen LogP contribution is 2.36. The summed E-state index contributed by atoms with van der Waals surface area (Å²) in [4.78, 5) is 11.4. The van der Waals surface area contributed by atoms with E-state index in [-0.39, 0.29) is 24.0 Å². The average molecular weight is 471 g/mol. The number of aryl methyl sites for hydroxylation is 1. The zero-order valence-electron chi connectivity index (χ0n) is 16.4. The van der Waals surface area contributed by atoms with E-state index in [9.17, 15) is 0 Å². The Morgan fingerprint density at radius 2 is 1.96 bits per heavy atom. The van der Waals surface area contributed by atoms with Crippen molar-refractivity contribution in [3.05, 3.63) is 23.9 Å². The van der Waals surface area contributed by atoms with Gasteiger partial charge >= 0.3 is 0 Å². The van der Waals surface area contributed by atoms with Gasteiger partial charge in [-0.15, -0.1) is 24.0 Å². The third-order valence-electron chi connectivity index (χ3n) is 5.77. The molecule has 1 aromatic rings. The van der Waals surface area contributed by atoms with Crippen molar-refractivity contribution in [1.82, 2.24) is 15.6 Å². The summed E-state index contributed by atoms with van der Waals surface area (Å²) in [6, 6.07) is 4.76. The van der Waals surface area contributed by atoms with Gasteiger partial charge in [-0.25, -0.2) is 4.98 Å². The monoisotopic (exact) mass is 471 g/mol. The summed E-state index contributed by atoms with van der Waals surface area (Å²) >= 11 is 0. The molecule has 0 bridgehead atoms. The van der Waals surface area contributed by atoms with Crippen molar-refractivity contribution in [2.45, 2.75) is 58.4 Å². The van der Waals surface area contributed by atoms with Crippen molar-refractivity contribution >= 4 is 35.8 Å². The number of hydrogen-bond acceptors (Lipinski definition) is 3. The minimum atomic E-state index is 0. The van der Waals surface area contributed by atoms with Gasteiger partial charge in [0.15, 0.2) is 5.96 Å². The molecule has 0 spiro atoms. The van der Waals surface area contributed by atoms with Gasteiger partial charge in [0.2, 0.25) is 0 Å². The van der Waals surface area contributed by atoms with Crippen LogP contribution in [0.5, 0.6) is 0 Å². The van der Waals surface area contributed by atoms with E-state index in [1.807, 2.05) is 13.2 Å². The van der Waals surface area contributed by atoms with E-state index in [0.717, 1.165) is 44.3 Å². The molecule has 2 heterocycles. The number of nitrogens with zero attached hydrogens (tertiary/aromatic N) is 3. The van der Waals surface area contributed by atoms with Crippen molar-refractivity contribution < 1.29 is 0 Å². The van der Waals surface area contributed by atoms with E-state index in [0.29, 0.717) is 11.5 Å². The molecule has 2 aliphatic rings. The fraction of sp³-hybridized carbons (Fsp3) is 0.700. The second-order valence-electron chi connectivity index (χ2n) is 8.04. The van der Waals surface area contributed by atoms with E-state index in [2.05, 4.69) is 51.5 Å². The van der Waals surface area contributed by atoms with E-state index in [1.165, 1.54) is 31.2 Å². The number of anilines is 1. The molecule has 0 atom stereocenters. The van der Waals surface area contributed by atoms with Crippen LogP contribution in [0.2, 0.25) is 0 Å². The van der Waals surface area contributed by atoms with Crippen molar-refractivity contribution in [3.63, 3.8) is 0 Å². The fourth-order valence-electron chi connectivity index (χ4n) is 3.99. The lowest BCUT2D eigenvalue weighted by atomic mass is 9.89. The van der Waals surface area contributed by atoms with Gasteiger partial charge in [0.25, 0.3) is 0 Å². The lowest BCUT2D eigenvalue weighted by Crippen LogP contribution is -2.50. The molecule has 0 unspecified atom stereocenters. The summed E-state index contributed by atoms with van der Waals surface area (Å²) < 4.78 is 0. The van der Waals surface area contributed by atoms with Crippen molar-refractivity contribution in [2.24, 2.45) is 10.4 Å². The second-order valence-corrected chi connectivity index (χ2v) is 8.04. The van der Waals surface area contributed by atoms with Gasteiger partial charge in [0.1, 0.15) is 5.82 Å². The van der Waals surface area contributed by atoms with Crippen LogP contribution in [0.25, 0.3) is 0 Å². The Morgan fingerprint density at radius 1 is 1.27 bits per heavy atom. The van der Waals surface area contributed by atoms with Crippen LogP contribution in [0, 0.1) is 12.3 Å². The Kier molecular flexibility index (Phi) is 7.98. The van der Waals surface area contributed by atoms with Crippen LogP contribution in [0.4, 0.5) is 5.82 Å². The quantitative estimate of drug-likeness (QED) is 0.399. The van der Waals surface area contributed by atoms with Crippen LogP contribution in [0.3, 0.4) is 0 Å². The molecule has 1 aliphatic carbocycles. The standard InChI is InChI=1S/C20H33N5.HI/c1-16-6-7-18(22-14-16)25-12-8-17(9-13-25)24-19(21-3)23-15-20(2)10-4-5-11-20;/h6-7,14,17H,4-5,8-13,15H2,1-3H3,(H2,21,23,24);1H. The maximum Gasteiger partial charge on any atom is 0.191 e. The number of guanidine groups is 1. The smallest absolute Gasteiger partial charge is 0.191 e. The maximum atomic E-state index is 4.55. The molecule has 2 N–H and O–H groups in total. The van der Waals surface area contributed by atoms with Crippen molar-refractivity contribution in [1.29, 1.82) is 0 Å². The van der Waals surface area contributed by atoms with Gasteiger partial charge < -0.3 is 15.5 Å². The third-order valence-corrected chi connectivity index (χ3v) is 5.77. The van der Waals surface area contributed by atoms with Crippen LogP contribution >= 0.6 is 24.0 Å². The first-order valence-corrected chi connectivity index (χ1v) is 9.73. The van der Waals surface area contributed by atoms with Gasteiger partial charge in [-0.3, -0.25) is 4.99 Å². The molecule has 0 radical (unpaired) electrons. The molecule has 1 saturated heterocycles. The summed E-state index contributed by atoms with van der Waals surface area (Å²) in [7, 11) is 1.87. The summed E-state index contributed by atoms with van der Waals surface area (Å²) in [5.74, 6) is 2.06. The summed E-state index contributed by atoms with van der Waals surface area (Å²) in [6.07, 6.45) is 9.60. The zero-order chi connectivity index (χ0) is 17.7. The minimum absolute atomic E-state index is 0. The normalized spacial score (nSPS) is 20.6. The number of pyridine rings is 1. The largest absolute Gasteiger partial charge is 0.356 e. The number of piperidine rings is 1.